The van der Waals surface area contributed by atoms with Crippen LogP contribution in [0.5, 0.6) is 0 Å². The van der Waals surface area contributed by atoms with Crippen LogP contribution in [0, 0.1) is 5.92 Å². The van der Waals surface area contributed by atoms with Crippen LogP contribution in [0.1, 0.15) is 98.0 Å². The first kappa shape index (κ1) is 28.7. The molecule has 1 aliphatic carbocycles. The molecule has 1 unspecified atom stereocenters. The summed E-state index contributed by atoms with van der Waals surface area (Å²) in [5.74, 6) is 2.38. The van der Waals surface area contributed by atoms with Crippen LogP contribution >= 0.6 is 0 Å². The molecule has 3 rings (SSSR count). The summed E-state index contributed by atoms with van der Waals surface area (Å²) in [5, 5.41) is 0. The number of piperidine rings is 1. The van der Waals surface area contributed by atoms with Crippen LogP contribution in [0.2, 0.25) is 0 Å². The number of anilines is 1. The van der Waals surface area contributed by atoms with Crippen LogP contribution in [0.4, 0.5) is 5.95 Å². The van der Waals surface area contributed by atoms with Gasteiger partial charge in [0.05, 0.1) is 0 Å². The third kappa shape index (κ3) is 8.01. The fourth-order valence-electron chi connectivity index (χ4n) is 5.34. The lowest BCUT2D eigenvalue weighted by atomic mass is 9.75. The number of hydrogen-bond donors (Lipinski definition) is 0. The third-order valence-electron chi connectivity index (χ3n) is 7.83. The minimum Gasteiger partial charge on any atom is -0.340 e. The van der Waals surface area contributed by atoms with Gasteiger partial charge in [0, 0.05) is 50.5 Å². The van der Waals surface area contributed by atoms with Gasteiger partial charge in [0.15, 0.2) is 0 Å². The minimum atomic E-state index is 0.342. The van der Waals surface area contributed by atoms with E-state index in [-0.39, 0.29) is 0 Å². The van der Waals surface area contributed by atoms with Crippen LogP contribution in [-0.4, -0.2) is 77.4 Å². The van der Waals surface area contributed by atoms with Gasteiger partial charge in [0.1, 0.15) is 5.78 Å². The van der Waals surface area contributed by atoms with E-state index < -0.39 is 0 Å². The number of hydrogen-bond acceptors (Lipinski definition) is 6. The van der Waals surface area contributed by atoms with Crippen molar-refractivity contribution in [1.82, 2.24) is 19.8 Å². The van der Waals surface area contributed by atoms with Crippen molar-refractivity contribution in [2.24, 2.45) is 5.92 Å². The second-order valence-electron chi connectivity index (χ2n) is 10.6. The number of nitrogens with zero attached hydrogens (tertiary/aromatic N) is 5. The van der Waals surface area contributed by atoms with Crippen molar-refractivity contribution in [3.63, 3.8) is 0 Å². The van der Waals surface area contributed by atoms with Gasteiger partial charge in [0.2, 0.25) is 5.95 Å². The molecule has 1 aromatic rings. The number of carbonyl (C=O) groups is 1. The highest BCUT2D eigenvalue weighted by molar-refractivity contribution is 5.75. The van der Waals surface area contributed by atoms with E-state index in [0.29, 0.717) is 35.7 Å². The lowest BCUT2D eigenvalue weighted by Gasteiger charge is -2.45. The molecule has 1 saturated heterocycles. The molecule has 2 aliphatic rings. The van der Waals surface area contributed by atoms with Gasteiger partial charge in [-0.05, 0) is 90.4 Å². The van der Waals surface area contributed by atoms with E-state index in [0.717, 1.165) is 44.8 Å². The molecule has 0 aromatic carbocycles. The maximum atomic E-state index is 11.3. The smallest absolute Gasteiger partial charge is 0.225 e. The molecule has 34 heavy (non-hydrogen) atoms. The van der Waals surface area contributed by atoms with Crippen molar-refractivity contribution in [3.05, 3.63) is 18.0 Å². The average Bonchev–Trinajstić information content (AvgIpc) is 2.81. The summed E-state index contributed by atoms with van der Waals surface area (Å²) in [7, 11) is 4.34. The van der Waals surface area contributed by atoms with Gasteiger partial charge in [-0.3, -0.25) is 0 Å². The largest absolute Gasteiger partial charge is 0.340 e. The molecular weight excluding hydrogens is 422 g/mol. The Morgan fingerprint density at radius 2 is 1.71 bits per heavy atom. The fraction of sp³-hybridized carbons (Fsp3) is 0.821. The number of likely N-dealkylation sites (N-methyl/N-ethyl adjacent to an activating group) is 2. The quantitative estimate of drug-likeness (QED) is 0.430. The van der Waals surface area contributed by atoms with E-state index in [4.69, 9.17) is 9.97 Å². The summed E-state index contributed by atoms with van der Waals surface area (Å²) in [6, 6.07) is 1.67. The molecule has 194 valence electrons. The number of Topliss-reactive ketones (excluding diaryl/α,β-unsaturated/α-hetero) is 1. The van der Waals surface area contributed by atoms with Crippen LogP contribution in [0.25, 0.3) is 0 Å². The summed E-state index contributed by atoms with van der Waals surface area (Å²) in [6.07, 6.45) is 12.0. The Morgan fingerprint density at radius 1 is 1.12 bits per heavy atom. The number of carbonyl (C=O) groups excluding carboxylic acids is 1. The molecule has 6 nitrogen and oxygen atoms in total. The number of aromatic nitrogens is 2. The molecule has 1 aliphatic heterocycles. The number of rotatable bonds is 11. The van der Waals surface area contributed by atoms with Crippen molar-refractivity contribution >= 4 is 11.7 Å². The van der Waals surface area contributed by atoms with Crippen LogP contribution < -0.4 is 4.90 Å². The first-order chi connectivity index (χ1) is 16.3. The van der Waals surface area contributed by atoms with E-state index in [2.05, 4.69) is 62.0 Å². The Labute approximate surface area is 209 Å². The van der Waals surface area contributed by atoms with E-state index in [1.165, 1.54) is 31.2 Å². The van der Waals surface area contributed by atoms with E-state index in [1.807, 2.05) is 13.8 Å². The van der Waals surface area contributed by atoms with Crippen LogP contribution in [0.3, 0.4) is 0 Å². The van der Waals surface area contributed by atoms with Crippen molar-refractivity contribution in [3.8, 4) is 0 Å². The first-order valence-electron chi connectivity index (χ1n) is 13.8. The second-order valence-corrected chi connectivity index (χ2v) is 10.6. The van der Waals surface area contributed by atoms with E-state index in [9.17, 15) is 4.79 Å². The highest BCUT2D eigenvalue weighted by Gasteiger charge is 2.36. The monoisotopic (exact) mass is 473 g/mol. The Bertz CT molecular complexity index is 708. The normalized spacial score (nSPS) is 22.2. The summed E-state index contributed by atoms with van der Waals surface area (Å²) in [5.41, 5.74) is 1.29. The van der Waals surface area contributed by atoms with Crippen LogP contribution in [0.15, 0.2) is 12.4 Å². The number of ketones is 1. The predicted molar refractivity (Wildman–Crippen MR) is 144 cm³/mol. The topological polar surface area (TPSA) is 52.6 Å². The Morgan fingerprint density at radius 3 is 2.21 bits per heavy atom. The Kier molecular flexibility index (Phi) is 11.9. The molecule has 6 heteroatoms. The Hall–Kier alpha value is -1.53. The van der Waals surface area contributed by atoms with Gasteiger partial charge in [-0.25, -0.2) is 9.97 Å². The van der Waals surface area contributed by atoms with Crippen molar-refractivity contribution in [1.29, 1.82) is 0 Å². The van der Waals surface area contributed by atoms with Gasteiger partial charge in [-0.1, -0.05) is 27.2 Å². The van der Waals surface area contributed by atoms with Crippen LogP contribution in [-0.2, 0) is 4.79 Å². The number of likely N-dealkylation sites (tertiary alicyclic amines) is 1. The second kappa shape index (κ2) is 14.1. The fourth-order valence-corrected chi connectivity index (χ4v) is 5.34. The predicted octanol–water partition coefficient (Wildman–Crippen LogP) is 5.39. The third-order valence-corrected chi connectivity index (χ3v) is 7.83. The SMILES string of the molecule is CC.CCCC(CN(C)C(C)C)N(C)c1ncc(C2CCN(C3CC(CC(C)=O)C3)CC2)cn1. The van der Waals surface area contributed by atoms with E-state index >= 15 is 0 Å². The molecule has 1 saturated carbocycles. The maximum absolute atomic E-state index is 11.3. The molecule has 1 aromatic heterocycles. The molecule has 2 heterocycles. The molecule has 0 spiro atoms. The maximum Gasteiger partial charge on any atom is 0.225 e. The molecule has 0 radical (unpaired) electrons. The lowest BCUT2D eigenvalue weighted by molar-refractivity contribution is -0.119. The van der Waals surface area contributed by atoms with E-state index in [1.54, 1.807) is 6.92 Å². The van der Waals surface area contributed by atoms with Gasteiger partial charge < -0.3 is 19.5 Å². The van der Waals surface area contributed by atoms with Crippen molar-refractivity contribution in [2.45, 2.75) is 111 Å². The molecule has 0 N–H and O–H groups in total. The molecule has 1 atom stereocenters. The van der Waals surface area contributed by atoms with Gasteiger partial charge in [-0.15, -0.1) is 0 Å². The summed E-state index contributed by atoms with van der Waals surface area (Å²) < 4.78 is 0. The zero-order valence-corrected chi connectivity index (χ0v) is 23.3. The molecule has 2 fully saturated rings. The average molecular weight is 474 g/mol. The summed E-state index contributed by atoms with van der Waals surface area (Å²) >= 11 is 0. The zero-order chi connectivity index (χ0) is 25.3. The summed E-state index contributed by atoms with van der Waals surface area (Å²) in [4.78, 5) is 28.2. The highest BCUT2D eigenvalue weighted by atomic mass is 16.1. The lowest BCUT2D eigenvalue weighted by Crippen LogP contribution is -2.48. The first-order valence-corrected chi connectivity index (χ1v) is 13.8. The van der Waals surface area contributed by atoms with Crippen molar-refractivity contribution in [2.75, 3.05) is 38.6 Å². The van der Waals surface area contributed by atoms with Gasteiger partial charge in [0.25, 0.3) is 0 Å². The van der Waals surface area contributed by atoms with Gasteiger partial charge >= 0.3 is 0 Å². The molecule has 0 amide bonds. The summed E-state index contributed by atoms with van der Waals surface area (Å²) in [6.45, 7) is 15.8. The highest BCUT2D eigenvalue weighted by Crippen LogP contribution is 2.37. The van der Waals surface area contributed by atoms with Crippen molar-refractivity contribution < 1.29 is 4.79 Å². The molecular formula is C28H51N5O. The minimum absolute atomic E-state index is 0.342. The zero-order valence-electron chi connectivity index (χ0n) is 23.3. The Balaban J connectivity index is 0.00000199. The molecule has 0 bridgehead atoms. The standard InChI is InChI=1S/C26H45N5O.C2H6/c1-7-8-24(18-29(5)19(2)3)30(6)26-27-16-23(17-28-26)22-9-11-31(12-10-22)25-14-21(15-25)13-20(4)32;1-2/h16-17,19,21-22,24-25H,7-15,18H2,1-6H3;1-2H3. The van der Waals surface area contributed by atoms with Gasteiger partial charge in [-0.2, -0.15) is 0 Å².